The van der Waals surface area contributed by atoms with Crippen molar-refractivity contribution in [2.75, 3.05) is 11.9 Å². The van der Waals surface area contributed by atoms with Gasteiger partial charge in [-0.05, 0) is 69.3 Å². The van der Waals surface area contributed by atoms with E-state index in [4.69, 9.17) is 37.9 Å². The van der Waals surface area contributed by atoms with Crippen LogP contribution in [0.1, 0.15) is 48.8 Å². The molecule has 0 aliphatic heterocycles. The van der Waals surface area contributed by atoms with Gasteiger partial charge in [-0.1, -0.05) is 29.3 Å². The largest absolute Gasteiger partial charge is 0.453 e. The number of hydrogen-bond donors (Lipinski definition) is 3. The summed E-state index contributed by atoms with van der Waals surface area (Å²) in [5.74, 6) is -1.52. The fourth-order valence-electron chi connectivity index (χ4n) is 3.88. The third-order valence-electron chi connectivity index (χ3n) is 5.80. The lowest BCUT2D eigenvalue weighted by atomic mass is 10.2. The number of aromatic nitrogens is 1. The number of amides is 2. The van der Waals surface area contributed by atoms with Crippen molar-refractivity contribution in [3.63, 3.8) is 0 Å². The van der Waals surface area contributed by atoms with E-state index in [1.807, 2.05) is 26.8 Å². The lowest BCUT2D eigenvalue weighted by Crippen LogP contribution is -2.23. The Morgan fingerprint density at radius 1 is 1.07 bits per heavy atom. The molecule has 41 heavy (non-hydrogen) atoms. The summed E-state index contributed by atoms with van der Waals surface area (Å²) in [6, 6.07) is 16.0. The first-order valence-corrected chi connectivity index (χ1v) is 13.4. The molecule has 11 heteroatoms. The van der Waals surface area contributed by atoms with Gasteiger partial charge in [-0.15, -0.1) is 0 Å². The number of carbonyl (C=O) groups excluding carboxylic acids is 2. The molecule has 0 aliphatic rings. The maximum atomic E-state index is 15.3. The van der Waals surface area contributed by atoms with Crippen LogP contribution in [0.5, 0.6) is 11.5 Å². The summed E-state index contributed by atoms with van der Waals surface area (Å²) in [6.45, 7) is 5.92. The molecule has 1 heterocycles. The summed E-state index contributed by atoms with van der Waals surface area (Å²) in [5, 5.41) is 15.6. The fourth-order valence-corrected chi connectivity index (χ4v) is 4.29. The number of anilines is 1. The third-order valence-corrected chi connectivity index (χ3v) is 6.32. The lowest BCUT2D eigenvalue weighted by Gasteiger charge is -2.19. The van der Waals surface area contributed by atoms with Crippen LogP contribution < -0.4 is 15.4 Å². The van der Waals surface area contributed by atoms with E-state index in [9.17, 15) is 9.59 Å². The zero-order chi connectivity index (χ0) is 29.7. The van der Waals surface area contributed by atoms with Gasteiger partial charge in [-0.3, -0.25) is 9.59 Å². The van der Waals surface area contributed by atoms with Crippen molar-refractivity contribution in [2.24, 2.45) is 0 Å². The minimum absolute atomic E-state index is 0.0105. The predicted molar refractivity (Wildman–Crippen MR) is 156 cm³/mol. The second-order valence-electron chi connectivity index (χ2n) is 10.2. The molecule has 0 atom stereocenters. The van der Waals surface area contributed by atoms with Gasteiger partial charge in [0, 0.05) is 33.7 Å². The number of ether oxygens (including phenoxy) is 2. The van der Waals surface area contributed by atoms with E-state index in [-0.39, 0.29) is 62.8 Å². The molecular formula is C30H27Cl2FN4O4. The van der Waals surface area contributed by atoms with Crippen molar-refractivity contribution in [2.45, 2.75) is 39.3 Å². The van der Waals surface area contributed by atoms with Crippen molar-refractivity contribution >= 4 is 51.6 Å². The normalized spacial score (nSPS) is 11.2. The number of H-pyrrole nitrogens is 1. The Labute approximate surface area is 246 Å². The van der Waals surface area contributed by atoms with Gasteiger partial charge in [0.15, 0.2) is 11.6 Å². The van der Waals surface area contributed by atoms with Gasteiger partial charge >= 0.3 is 0 Å². The number of rotatable bonds is 9. The van der Waals surface area contributed by atoms with Gasteiger partial charge in [0.05, 0.1) is 35.3 Å². The quantitative estimate of drug-likeness (QED) is 0.187. The number of hydrogen-bond acceptors (Lipinski definition) is 5. The molecule has 0 fully saturated rings. The summed E-state index contributed by atoms with van der Waals surface area (Å²) < 4.78 is 26.5. The van der Waals surface area contributed by atoms with Crippen LogP contribution in [0.4, 0.5) is 10.1 Å². The monoisotopic (exact) mass is 596 g/mol. The smallest absolute Gasteiger partial charge is 0.267 e. The van der Waals surface area contributed by atoms with Crippen LogP contribution in [-0.2, 0) is 16.1 Å². The van der Waals surface area contributed by atoms with E-state index < -0.39 is 11.7 Å². The van der Waals surface area contributed by atoms with Crippen LogP contribution in [0, 0.1) is 17.1 Å². The molecule has 2 amide bonds. The number of carbonyl (C=O) groups is 2. The lowest BCUT2D eigenvalue weighted by molar-refractivity contribution is -0.118. The first-order chi connectivity index (χ1) is 19.4. The SMILES string of the molecule is CC(C)(C)OCCC(=O)Nc1ccc2[nH]c(C(=O)NCc3ccc(Cl)c(Oc4cc(Cl)cc(C#N)c4)c3F)cc2c1. The number of nitrogens with zero attached hydrogens (tertiary/aromatic N) is 1. The molecule has 3 N–H and O–H groups in total. The standard InChI is InChI=1S/C30H27Cl2FN4O4/c1-30(2,3)40-9-8-26(38)36-21-5-7-24-19(12-21)13-25(37-24)29(39)35-16-18-4-6-23(32)28(27(18)33)41-22-11-17(15-34)10-20(31)14-22/h4-7,10-14,37H,8-9,16H2,1-3H3,(H,35,39)(H,36,38). The number of fused-ring (bicyclic) bond motifs is 1. The van der Waals surface area contributed by atoms with Gasteiger partial charge < -0.3 is 25.1 Å². The molecule has 0 aliphatic carbocycles. The molecule has 4 aromatic rings. The Kier molecular flexibility index (Phi) is 9.18. The number of aromatic amines is 1. The van der Waals surface area contributed by atoms with E-state index in [0.717, 1.165) is 0 Å². The minimum Gasteiger partial charge on any atom is -0.453 e. The third kappa shape index (κ3) is 7.98. The highest BCUT2D eigenvalue weighted by molar-refractivity contribution is 6.32. The fraction of sp³-hybridized carbons (Fsp3) is 0.233. The highest BCUT2D eigenvalue weighted by Gasteiger charge is 2.18. The number of benzene rings is 3. The molecule has 1 aromatic heterocycles. The first kappa shape index (κ1) is 29.9. The zero-order valence-electron chi connectivity index (χ0n) is 22.5. The average molecular weight is 597 g/mol. The van der Waals surface area contributed by atoms with Crippen LogP contribution in [0.3, 0.4) is 0 Å². The highest BCUT2D eigenvalue weighted by atomic mass is 35.5. The Balaban J connectivity index is 1.41. The van der Waals surface area contributed by atoms with Gasteiger partial charge in [0.1, 0.15) is 11.4 Å². The van der Waals surface area contributed by atoms with Gasteiger partial charge in [0.25, 0.3) is 5.91 Å². The second kappa shape index (κ2) is 12.6. The van der Waals surface area contributed by atoms with E-state index in [1.54, 1.807) is 24.3 Å². The van der Waals surface area contributed by atoms with Crippen molar-refractivity contribution in [1.82, 2.24) is 10.3 Å². The van der Waals surface area contributed by atoms with Crippen LogP contribution in [0.2, 0.25) is 10.0 Å². The molecule has 3 aromatic carbocycles. The Morgan fingerprint density at radius 3 is 2.59 bits per heavy atom. The molecule has 4 rings (SSSR count). The summed E-state index contributed by atoms with van der Waals surface area (Å²) in [6.07, 6.45) is 0.212. The molecule has 0 radical (unpaired) electrons. The van der Waals surface area contributed by atoms with Crippen molar-refractivity contribution in [3.05, 3.63) is 87.3 Å². The Hall–Kier alpha value is -4.10. The summed E-state index contributed by atoms with van der Waals surface area (Å²) >= 11 is 12.2. The topological polar surface area (TPSA) is 116 Å². The van der Waals surface area contributed by atoms with Crippen LogP contribution >= 0.6 is 23.2 Å². The second-order valence-corrected chi connectivity index (χ2v) is 11.0. The summed E-state index contributed by atoms with van der Waals surface area (Å²) in [4.78, 5) is 28.1. The van der Waals surface area contributed by atoms with E-state index in [1.165, 1.54) is 30.3 Å². The van der Waals surface area contributed by atoms with Gasteiger partial charge in [-0.2, -0.15) is 5.26 Å². The summed E-state index contributed by atoms with van der Waals surface area (Å²) in [7, 11) is 0. The van der Waals surface area contributed by atoms with Crippen LogP contribution in [0.25, 0.3) is 10.9 Å². The molecule has 0 spiro atoms. The molecule has 0 saturated heterocycles. The maximum absolute atomic E-state index is 15.3. The maximum Gasteiger partial charge on any atom is 0.267 e. The minimum atomic E-state index is -0.763. The zero-order valence-corrected chi connectivity index (χ0v) is 24.0. The molecule has 8 nitrogen and oxygen atoms in total. The number of nitriles is 1. The molecule has 0 unspecified atom stereocenters. The summed E-state index contributed by atoms with van der Waals surface area (Å²) in [5.41, 5.74) is 1.59. The van der Waals surface area contributed by atoms with Crippen molar-refractivity contribution in [1.29, 1.82) is 5.26 Å². The predicted octanol–water partition coefficient (Wildman–Crippen LogP) is 7.35. The van der Waals surface area contributed by atoms with Crippen LogP contribution in [0.15, 0.2) is 54.6 Å². The van der Waals surface area contributed by atoms with Crippen molar-refractivity contribution in [3.8, 4) is 17.6 Å². The molecule has 0 saturated carbocycles. The average Bonchev–Trinajstić information content (AvgIpc) is 3.33. The highest BCUT2D eigenvalue weighted by Crippen LogP contribution is 2.35. The molecule has 0 bridgehead atoms. The Morgan fingerprint density at radius 2 is 1.85 bits per heavy atom. The van der Waals surface area contributed by atoms with Crippen LogP contribution in [-0.4, -0.2) is 29.0 Å². The van der Waals surface area contributed by atoms with Crippen molar-refractivity contribution < 1.29 is 23.5 Å². The van der Waals surface area contributed by atoms with E-state index in [0.29, 0.717) is 23.2 Å². The Bertz CT molecular complexity index is 1660. The van der Waals surface area contributed by atoms with E-state index >= 15 is 4.39 Å². The van der Waals surface area contributed by atoms with Gasteiger partial charge in [-0.25, -0.2) is 4.39 Å². The first-order valence-electron chi connectivity index (χ1n) is 12.6. The number of nitrogens with one attached hydrogen (secondary N) is 3. The molecular weight excluding hydrogens is 570 g/mol. The van der Waals surface area contributed by atoms with E-state index in [2.05, 4.69) is 15.6 Å². The van der Waals surface area contributed by atoms with Gasteiger partial charge in [0.2, 0.25) is 5.91 Å². The number of halogens is 3. The molecule has 212 valence electrons.